The second-order valence-corrected chi connectivity index (χ2v) is 5.48. The van der Waals surface area contributed by atoms with Crippen molar-refractivity contribution in [3.63, 3.8) is 0 Å². The Balaban J connectivity index is 2.27. The van der Waals surface area contributed by atoms with Crippen LogP contribution >= 0.6 is 0 Å². The number of hydrogen-bond donors (Lipinski definition) is 1. The summed E-state index contributed by atoms with van der Waals surface area (Å²) in [6.45, 7) is 5.88. The second-order valence-electron chi connectivity index (χ2n) is 5.48. The number of rotatable bonds is 2. The molecule has 2 heterocycles. The molecular formula is C17H17N3O. The van der Waals surface area contributed by atoms with Crippen LogP contribution in [0.15, 0.2) is 41.5 Å². The van der Waals surface area contributed by atoms with Crippen molar-refractivity contribution in [2.24, 2.45) is 0 Å². The Labute approximate surface area is 122 Å². The fourth-order valence-corrected chi connectivity index (χ4v) is 2.71. The fraction of sp³-hybridized carbons (Fsp3) is 0.235. The summed E-state index contributed by atoms with van der Waals surface area (Å²) in [5, 5.41) is 2.07. The molecule has 0 radical (unpaired) electrons. The van der Waals surface area contributed by atoms with E-state index in [0.717, 1.165) is 27.6 Å². The van der Waals surface area contributed by atoms with Gasteiger partial charge in [-0.25, -0.2) is 4.98 Å². The van der Waals surface area contributed by atoms with Crippen molar-refractivity contribution in [3.8, 4) is 11.4 Å². The molecule has 4 nitrogen and oxygen atoms in total. The summed E-state index contributed by atoms with van der Waals surface area (Å²) in [5.74, 6) is 0.729. The van der Waals surface area contributed by atoms with Crippen molar-refractivity contribution < 1.29 is 0 Å². The molecule has 0 fully saturated rings. The van der Waals surface area contributed by atoms with E-state index in [1.807, 2.05) is 51.2 Å². The lowest BCUT2D eigenvalue weighted by Crippen LogP contribution is -2.18. The Morgan fingerprint density at radius 2 is 1.90 bits per heavy atom. The van der Waals surface area contributed by atoms with Crippen LogP contribution in [0.5, 0.6) is 0 Å². The van der Waals surface area contributed by atoms with Crippen molar-refractivity contribution >= 4 is 10.8 Å². The average molecular weight is 279 g/mol. The van der Waals surface area contributed by atoms with Gasteiger partial charge in [0.2, 0.25) is 0 Å². The molecule has 3 rings (SSSR count). The van der Waals surface area contributed by atoms with Gasteiger partial charge in [-0.05, 0) is 18.2 Å². The van der Waals surface area contributed by atoms with Crippen LogP contribution in [0.2, 0.25) is 0 Å². The first-order chi connectivity index (χ1) is 10.1. The van der Waals surface area contributed by atoms with E-state index in [0.29, 0.717) is 5.82 Å². The highest BCUT2D eigenvalue weighted by molar-refractivity contribution is 5.94. The van der Waals surface area contributed by atoms with E-state index >= 15 is 0 Å². The van der Waals surface area contributed by atoms with E-state index < -0.39 is 0 Å². The van der Waals surface area contributed by atoms with E-state index in [9.17, 15) is 4.79 Å². The molecule has 0 saturated heterocycles. The molecular weight excluding hydrogens is 262 g/mol. The van der Waals surface area contributed by atoms with Crippen LogP contribution in [0.3, 0.4) is 0 Å². The fourth-order valence-electron chi connectivity index (χ4n) is 2.71. The summed E-state index contributed by atoms with van der Waals surface area (Å²) in [5.41, 5.74) is 2.30. The van der Waals surface area contributed by atoms with Crippen LogP contribution in [0.1, 0.15) is 31.0 Å². The minimum atomic E-state index is -0.0690. The monoisotopic (exact) mass is 279 g/mol. The summed E-state index contributed by atoms with van der Waals surface area (Å²) >= 11 is 0. The molecule has 0 aliphatic rings. The van der Waals surface area contributed by atoms with Gasteiger partial charge in [0, 0.05) is 34.6 Å². The summed E-state index contributed by atoms with van der Waals surface area (Å²) in [4.78, 5) is 24.0. The zero-order valence-electron chi connectivity index (χ0n) is 12.3. The summed E-state index contributed by atoms with van der Waals surface area (Å²) in [6.07, 6.45) is 3.56. The number of nitrogens with one attached hydrogen (secondary N) is 1. The number of hydrogen-bond acceptors (Lipinski definition) is 3. The second kappa shape index (κ2) is 5.13. The van der Waals surface area contributed by atoms with Gasteiger partial charge in [0.05, 0.1) is 0 Å². The van der Waals surface area contributed by atoms with Gasteiger partial charge < -0.3 is 4.98 Å². The van der Waals surface area contributed by atoms with Crippen LogP contribution in [0, 0.1) is 6.92 Å². The molecule has 0 atom stereocenters. The Morgan fingerprint density at radius 1 is 1.14 bits per heavy atom. The largest absolute Gasteiger partial charge is 0.306 e. The molecule has 1 aromatic carbocycles. The molecule has 4 heteroatoms. The number of benzene rings is 1. The number of pyridine rings is 1. The van der Waals surface area contributed by atoms with Crippen LogP contribution in [-0.2, 0) is 0 Å². The third kappa shape index (κ3) is 2.33. The topological polar surface area (TPSA) is 58.6 Å². The first-order valence-corrected chi connectivity index (χ1v) is 7.02. The lowest BCUT2D eigenvalue weighted by Gasteiger charge is -2.11. The van der Waals surface area contributed by atoms with Crippen molar-refractivity contribution in [1.29, 1.82) is 0 Å². The van der Waals surface area contributed by atoms with Crippen molar-refractivity contribution in [1.82, 2.24) is 15.0 Å². The number of aryl methyl sites for hydroxylation is 1. The van der Waals surface area contributed by atoms with E-state index in [2.05, 4.69) is 15.0 Å². The summed E-state index contributed by atoms with van der Waals surface area (Å²) in [6, 6.07) is 7.95. The average Bonchev–Trinajstić information content (AvgIpc) is 2.45. The normalized spacial score (nSPS) is 11.2. The molecule has 0 amide bonds. The maximum atomic E-state index is 12.3. The minimum absolute atomic E-state index is 0.0690. The van der Waals surface area contributed by atoms with Gasteiger partial charge in [0.25, 0.3) is 5.56 Å². The SMILES string of the molecule is Cc1nc(-c2cncc3ccccc23)[nH]c(=O)c1C(C)C. The van der Waals surface area contributed by atoms with Crippen LogP contribution in [0.4, 0.5) is 0 Å². The molecule has 2 aromatic heterocycles. The van der Waals surface area contributed by atoms with E-state index in [1.165, 1.54) is 0 Å². The van der Waals surface area contributed by atoms with Crippen LogP contribution in [-0.4, -0.2) is 15.0 Å². The van der Waals surface area contributed by atoms with Crippen LogP contribution in [0.25, 0.3) is 22.2 Å². The first-order valence-electron chi connectivity index (χ1n) is 7.02. The molecule has 0 spiro atoms. The highest BCUT2D eigenvalue weighted by Crippen LogP contribution is 2.25. The highest BCUT2D eigenvalue weighted by atomic mass is 16.1. The molecule has 0 bridgehead atoms. The molecule has 0 aliphatic carbocycles. The Kier molecular flexibility index (Phi) is 3.29. The lowest BCUT2D eigenvalue weighted by molar-refractivity contribution is 0.815. The predicted octanol–water partition coefficient (Wildman–Crippen LogP) is 3.42. The van der Waals surface area contributed by atoms with Crippen LogP contribution < -0.4 is 5.56 Å². The minimum Gasteiger partial charge on any atom is -0.306 e. The maximum Gasteiger partial charge on any atom is 0.254 e. The first kappa shape index (κ1) is 13.5. The number of aromatic nitrogens is 3. The smallest absolute Gasteiger partial charge is 0.254 e. The molecule has 0 unspecified atom stereocenters. The summed E-state index contributed by atoms with van der Waals surface area (Å²) < 4.78 is 0. The molecule has 1 N–H and O–H groups in total. The van der Waals surface area contributed by atoms with Crippen molar-refractivity contribution in [3.05, 3.63) is 58.3 Å². The number of fused-ring (bicyclic) bond motifs is 1. The van der Waals surface area contributed by atoms with Gasteiger partial charge >= 0.3 is 0 Å². The van der Waals surface area contributed by atoms with Crippen molar-refractivity contribution in [2.75, 3.05) is 0 Å². The Bertz CT molecular complexity index is 860. The Hall–Kier alpha value is -2.49. The quantitative estimate of drug-likeness (QED) is 0.782. The molecule has 0 aliphatic heterocycles. The number of nitrogens with zero attached hydrogens (tertiary/aromatic N) is 2. The third-order valence-corrected chi connectivity index (χ3v) is 3.65. The van der Waals surface area contributed by atoms with Gasteiger partial charge in [-0.3, -0.25) is 9.78 Å². The number of aromatic amines is 1. The molecule has 21 heavy (non-hydrogen) atoms. The predicted molar refractivity (Wildman–Crippen MR) is 84.4 cm³/mol. The van der Waals surface area contributed by atoms with Gasteiger partial charge in [0.15, 0.2) is 0 Å². The van der Waals surface area contributed by atoms with Crippen molar-refractivity contribution in [2.45, 2.75) is 26.7 Å². The van der Waals surface area contributed by atoms with Gasteiger partial charge in [-0.1, -0.05) is 38.1 Å². The molecule has 0 saturated carbocycles. The molecule has 106 valence electrons. The van der Waals surface area contributed by atoms with Gasteiger partial charge in [0.1, 0.15) is 5.82 Å². The summed E-state index contributed by atoms with van der Waals surface area (Å²) in [7, 11) is 0. The van der Waals surface area contributed by atoms with E-state index in [4.69, 9.17) is 0 Å². The Morgan fingerprint density at radius 3 is 2.62 bits per heavy atom. The van der Waals surface area contributed by atoms with Gasteiger partial charge in [-0.15, -0.1) is 0 Å². The maximum absolute atomic E-state index is 12.3. The lowest BCUT2D eigenvalue weighted by atomic mass is 10.0. The van der Waals surface area contributed by atoms with E-state index in [-0.39, 0.29) is 11.5 Å². The number of H-pyrrole nitrogens is 1. The standard InChI is InChI=1S/C17H17N3O/c1-10(2)15-11(3)19-16(20-17(15)21)14-9-18-8-12-6-4-5-7-13(12)14/h4-10H,1-3H3,(H,19,20,21). The third-order valence-electron chi connectivity index (χ3n) is 3.65. The van der Waals surface area contributed by atoms with Gasteiger partial charge in [-0.2, -0.15) is 0 Å². The molecule has 3 aromatic rings. The highest BCUT2D eigenvalue weighted by Gasteiger charge is 2.13. The zero-order valence-corrected chi connectivity index (χ0v) is 12.3. The zero-order chi connectivity index (χ0) is 15.0. The van der Waals surface area contributed by atoms with E-state index in [1.54, 1.807) is 6.20 Å².